The molecule has 3 N–H and O–H groups in total. The molecule has 0 unspecified atom stereocenters. The third-order valence-corrected chi connectivity index (χ3v) is 3.94. The average molecular weight is 271 g/mol. The van der Waals surface area contributed by atoms with E-state index in [9.17, 15) is 4.79 Å². The molecule has 2 rings (SSSR count). The number of hydrogen-bond donors (Lipinski definition) is 2. The predicted octanol–water partition coefficient (Wildman–Crippen LogP) is 2.54. The molecule has 17 heavy (non-hydrogen) atoms. The maximum atomic E-state index is 11.5. The van der Waals surface area contributed by atoms with E-state index < -0.39 is 0 Å². The summed E-state index contributed by atoms with van der Waals surface area (Å²) < 4.78 is 0. The number of carbonyl (C=O) groups is 1. The van der Waals surface area contributed by atoms with Crippen LogP contribution >= 0.6 is 23.4 Å². The van der Waals surface area contributed by atoms with E-state index in [1.54, 1.807) is 12.1 Å². The number of nitrogens with two attached hydrogens (primary N) is 1. The van der Waals surface area contributed by atoms with Gasteiger partial charge in [0.25, 0.3) is 0 Å². The molecule has 1 aromatic rings. The van der Waals surface area contributed by atoms with Crippen LogP contribution in [0, 0.1) is 5.92 Å². The first-order valence-electron chi connectivity index (χ1n) is 5.59. The highest BCUT2D eigenvalue weighted by atomic mass is 35.5. The number of nitrogen functional groups attached to an aromatic ring is 1. The molecule has 1 fully saturated rings. The number of thioether (sulfide) groups is 1. The van der Waals surface area contributed by atoms with E-state index in [-0.39, 0.29) is 5.91 Å². The van der Waals surface area contributed by atoms with Crippen LogP contribution in [-0.4, -0.2) is 18.2 Å². The first kappa shape index (κ1) is 12.6. The number of anilines is 1. The summed E-state index contributed by atoms with van der Waals surface area (Å²) >= 11 is 7.24. The van der Waals surface area contributed by atoms with Gasteiger partial charge in [0.2, 0.25) is 5.91 Å². The fraction of sp³-hybridized carbons (Fsp3) is 0.417. The maximum Gasteiger partial charge on any atom is 0.230 e. The first-order valence-corrected chi connectivity index (χ1v) is 6.96. The van der Waals surface area contributed by atoms with Crippen LogP contribution in [0.4, 0.5) is 5.69 Å². The minimum atomic E-state index is 0.0660. The van der Waals surface area contributed by atoms with Gasteiger partial charge in [-0.25, -0.2) is 0 Å². The lowest BCUT2D eigenvalue weighted by molar-refractivity contribution is -0.118. The van der Waals surface area contributed by atoms with Crippen molar-refractivity contribution < 1.29 is 4.79 Å². The van der Waals surface area contributed by atoms with Gasteiger partial charge in [0, 0.05) is 22.2 Å². The summed E-state index contributed by atoms with van der Waals surface area (Å²) in [6, 6.07) is 5.32. The second kappa shape index (κ2) is 5.65. The molecule has 1 aromatic carbocycles. The lowest BCUT2D eigenvalue weighted by Crippen LogP contribution is -2.27. The number of benzene rings is 1. The van der Waals surface area contributed by atoms with Crippen molar-refractivity contribution in [2.24, 2.45) is 5.92 Å². The zero-order chi connectivity index (χ0) is 12.3. The van der Waals surface area contributed by atoms with E-state index in [4.69, 9.17) is 17.3 Å². The van der Waals surface area contributed by atoms with Gasteiger partial charge in [-0.3, -0.25) is 4.79 Å². The Bertz CT molecular complexity index is 421. The SMILES string of the molecule is Nc1cc(Cl)ccc1SCC(=O)NCC1CC1. The quantitative estimate of drug-likeness (QED) is 0.639. The largest absolute Gasteiger partial charge is 0.398 e. The minimum absolute atomic E-state index is 0.0660. The number of nitrogens with one attached hydrogen (secondary N) is 1. The summed E-state index contributed by atoms with van der Waals surface area (Å²) in [4.78, 5) is 12.4. The molecule has 0 aromatic heterocycles. The van der Waals surface area contributed by atoms with Crippen molar-refractivity contribution in [3.05, 3.63) is 23.2 Å². The molecule has 0 heterocycles. The molecule has 1 aliphatic rings. The Labute approximate surface area is 110 Å². The topological polar surface area (TPSA) is 55.1 Å². The van der Waals surface area contributed by atoms with Crippen molar-refractivity contribution in [2.75, 3.05) is 18.0 Å². The van der Waals surface area contributed by atoms with Gasteiger partial charge in [-0.1, -0.05) is 11.6 Å². The van der Waals surface area contributed by atoms with Crippen LogP contribution in [0.2, 0.25) is 5.02 Å². The van der Waals surface area contributed by atoms with Gasteiger partial charge < -0.3 is 11.1 Å². The molecule has 92 valence electrons. The van der Waals surface area contributed by atoms with Gasteiger partial charge in [0.15, 0.2) is 0 Å². The summed E-state index contributed by atoms with van der Waals surface area (Å²) in [6.07, 6.45) is 2.50. The van der Waals surface area contributed by atoms with Gasteiger partial charge in [-0.05, 0) is 37.0 Å². The number of amides is 1. The molecule has 0 aliphatic heterocycles. The summed E-state index contributed by atoms with van der Waals surface area (Å²) in [6.45, 7) is 0.815. The molecule has 0 radical (unpaired) electrons. The van der Waals surface area contributed by atoms with E-state index >= 15 is 0 Å². The number of rotatable bonds is 5. The van der Waals surface area contributed by atoms with Gasteiger partial charge in [-0.2, -0.15) is 0 Å². The van der Waals surface area contributed by atoms with E-state index in [1.165, 1.54) is 24.6 Å². The Kier molecular flexibility index (Phi) is 4.18. The smallest absolute Gasteiger partial charge is 0.230 e. The molecule has 1 aliphatic carbocycles. The molecular weight excluding hydrogens is 256 g/mol. The van der Waals surface area contributed by atoms with Crippen LogP contribution in [0.25, 0.3) is 0 Å². The van der Waals surface area contributed by atoms with Gasteiger partial charge in [0.1, 0.15) is 0 Å². The molecule has 5 heteroatoms. The van der Waals surface area contributed by atoms with Crippen LogP contribution in [-0.2, 0) is 4.79 Å². The van der Waals surface area contributed by atoms with Crippen LogP contribution in [0.3, 0.4) is 0 Å². The zero-order valence-electron chi connectivity index (χ0n) is 9.41. The van der Waals surface area contributed by atoms with Crippen molar-refractivity contribution in [1.82, 2.24) is 5.32 Å². The van der Waals surface area contributed by atoms with E-state index in [1.807, 2.05) is 6.07 Å². The fourth-order valence-electron chi connectivity index (χ4n) is 1.43. The third-order valence-electron chi connectivity index (χ3n) is 2.62. The van der Waals surface area contributed by atoms with Gasteiger partial charge >= 0.3 is 0 Å². The van der Waals surface area contributed by atoms with Crippen LogP contribution in [0.1, 0.15) is 12.8 Å². The predicted molar refractivity (Wildman–Crippen MR) is 72.3 cm³/mol. The van der Waals surface area contributed by atoms with Crippen molar-refractivity contribution in [2.45, 2.75) is 17.7 Å². The monoisotopic (exact) mass is 270 g/mol. The summed E-state index contributed by atoms with van der Waals surface area (Å²) in [5.74, 6) is 1.18. The standard InChI is InChI=1S/C12H15ClN2OS/c13-9-3-4-11(10(14)5-9)17-7-12(16)15-6-8-1-2-8/h3-5,8H,1-2,6-7,14H2,(H,15,16). The molecule has 1 saturated carbocycles. The highest BCUT2D eigenvalue weighted by Gasteiger charge is 2.21. The van der Waals surface area contributed by atoms with Crippen LogP contribution in [0.15, 0.2) is 23.1 Å². The van der Waals surface area contributed by atoms with Crippen LogP contribution < -0.4 is 11.1 Å². The lowest BCUT2D eigenvalue weighted by Gasteiger charge is -2.06. The molecular formula is C12H15ClN2OS. The van der Waals surface area contributed by atoms with Crippen LogP contribution in [0.5, 0.6) is 0 Å². The third kappa shape index (κ3) is 4.13. The lowest BCUT2D eigenvalue weighted by atomic mass is 10.3. The average Bonchev–Trinajstić information content (AvgIpc) is 3.09. The van der Waals surface area contributed by atoms with Crippen molar-refractivity contribution in [1.29, 1.82) is 0 Å². The van der Waals surface area contributed by atoms with Crippen molar-refractivity contribution >= 4 is 35.0 Å². The Hall–Kier alpha value is -0.870. The van der Waals surface area contributed by atoms with Gasteiger partial charge in [0.05, 0.1) is 5.75 Å². The maximum absolute atomic E-state index is 11.5. The van der Waals surface area contributed by atoms with E-state index in [0.717, 1.165) is 11.4 Å². The molecule has 0 spiro atoms. The highest BCUT2D eigenvalue weighted by molar-refractivity contribution is 8.00. The Morgan fingerprint density at radius 1 is 1.53 bits per heavy atom. The zero-order valence-corrected chi connectivity index (χ0v) is 11.0. The summed E-state index contributed by atoms with van der Waals surface area (Å²) in [7, 11) is 0. The molecule has 0 bridgehead atoms. The molecule has 3 nitrogen and oxygen atoms in total. The normalized spacial score (nSPS) is 14.6. The Morgan fingerprint density at radius 2 is 2.29 bits per heavy atom. The Balaban J connectivity index is 1.77. The summed E-state index contributed by atoms with van der Waals surface area (Å²) in [5.41, 5.74) is 6.43. The van der Waals surface area contributed by atoms with Crippen molar-refractivity contribution in [3.63, 3.8) is 0 Å². The van der Waals surface area contributed by atoms with E-state index in [2.05, 4.69) is 5.32 Å². The first-order chi connectivity index (χ1) is 8.15. The van der Waals surface area contributed by atoms with Crippen molar-refractivity contribution in [3.8, 4) is 0 Å². The van der Waals surface area contributed by atoms with Gasteiger partial charge in [-0.15, -0.1) is 11.8 Å². The van der Waals surface area contributed by atoms with E-state index in [0.29, 0.717) is 22.4 Å². The number of carbonyl (C=O) groups excluding carboxylic acids is 1. The highest BCUT2D eigenvalue weighted by Crippen LogP contribution is 2.28. The second-order valence-electron chi connectivity index (χ2n) is 4.22. The fourth-order valence-corrected chi connectivity index (χ4v) is 2.38. The minimum Gasteiger partial charge on any atom is -0.398 e. The molecule has 0 atom stereocenters. The Morgan fingerprint density at radius 3 is 2.94 bits per heavy atom. The number of hydrogen-bond acceptors (Lipinski definition) is 3. The second-order valence-corrected chi connectivity index (χ2v) is 5.67. The molecule has 0 saturated heterocycles. The summed E-state index contributed by atoms with van der Waals surface area (Å²) in [5, 5.41) is 3.53. The molecule has 1 amide bonds. The number of halogens is 1.